The summed E-state index contributed by atoms with van der Waals surface area (Å²) in [6, 6.07) is 35.2. The number of pyridine rings is 2. The van der Waals surface area contributed by atoms with Gasteiger partial charge in [0.25, 0.3) is 0 Å². The molecule has 0 radical (unpaired) electrons. The van der Waals surface area contributed by atoms with Gasteiger partial charge in [-0.3, -0.25) is 4.98 Å². The summed E-state index contributed by atoms with van der Waals surface area (Å²) in [6.45, 7) is 0. The van der Waals surface area contributed by atoms with Crippen LogP contribution < -0.4 is 4.90 Å². The van der Waals surface area contributed by atoms with Gasteiger partial charge >= 0.3 is 0 Å². The number of hydrogen-bond donors (Lipinski definition) is 0. The summed E-state index contributed by atoms with van der Waals surface area (Å²) in [5.41, 5.74) is 6.80. The van der Waals surface area contributed by atoms with E-state index in [4.69, 9.17) is 8.83 Å². The lowest BCUT2D eigenvalue weighted by atomic mass is 10.1. The Morgan fingerprint density at radius 3 is 2.32 bits per heavy atom. The summed E-state index contributed by atoms with van der Waals surface area (Å²) in [4.78, 5) is 11.3. The molecule has 4 aromatic heterocycles. The van der Waals surface area contributed by atoms with Gasteiger partial charge in [0, 0.05) is 39.9 Å². The smallest absolute Gasteiger partial charge is 0.227 e. The van der Waals surface area contributed by atoms with E-state index in [9.17, 15) is 0 Å². The third-order valence-electron chi connectivity index (χ3n) is 6.95. The molecule has 0 aliphatic carbocycles. The number of hydrogen-bond acceptors (Lipinski definition) is 5. The van der Waals surface area contributed by atoms with Crippen LogP contribution in [-0.4, -0.2) is 9.97 Å². The summed E-state index contributed by atoms with van der Waals surface area (Å²) < 4.78 is 12.4. The number of benzene rings is 4. The molecule has 8 aromatic rings. The minimum atomic E-state index is 0.629. The van der Waals surface area contributed by atoms with Gasteiger partial charge in [-0.15, -0.1) is 0 Å². The molecule has 4 aromatic carbocycles. The molecule has 0 amide bonds. The van der Waals surface area contributed by atoms with Crippen molar-refractivity contribution in [3.63, 3.8) is 0 Å². The quantitative estimate of drug-likeness (QED) is 0.254. The monoisotopic (exact) mass is 477 g/mol. The summed E-state index contributed by atoms with van der Waals surface area (Å²) in [6.07, 6.45) is 3.56. The Bertz CT molecular complexity index is 2120. The van der Waals surface area contributed by atoms with Gasteiger partial charge in [0.05, 0.1) is 5.69 Å². The lowest BCUT2D eigenvalue weighted by Gasteiger charge is -2.26. The fourth-order valence-electron chi connectivity index (χ4n) is 5.26. The second kappa shape index (κ2) is 7.67. The van der Waals surface area contributed by atoms with Crippen molar-refractivity contribution in [3.05, 3.63) is 116 Å². The maximum absolute atomic E-state index is 6.35. The van der Waals surface area contributed by atoms with Crippen molar-refractivity contribution in [1.29, 1.82) is 0 Å². The van der Waals surface area contributed by atoms with Crippen LogP contribution in [0, 0.1) is 0 Å². The van der Waals surface area contributed by atoms with Crippen molar-refractivity contribution in [1.82, 2.24) is 9.97 Å². The largest absolute Gasteiger partial charge is 0.454 e. The predicted octanol–water partition coefficient (Wildman–Crippen LogP) is 8.90. The van der Waals surface area contributed by atoms with E-state index in [2.05, 4.69) is 87.7 Å². The average molecular weight is 478 g/mol. The zero-order valence-corrected chi connectivity index (χ0v) is 19.6. The van der Waals surface area contributed by atoms with Crippen LogP contribution in [0.15, 0.2) is 124 Å². The van der Waals surface area contributed by atoms with Crippen LogP contribution in [0.5, 0.6) is 0 Å². The molecule has 5 heteroatoms. The minimum absolute atomic E-state index is 0.629. The second-order valence-corrected chi connectivity index (χ2v) is 9.11. The van der Waals surface area contributed by atoms with Crippen molar-refractivity contribution >= 4 is 72.0 Å². The maximum atomic E-state index is 6.35. The zero-order chi connectivity index (χ0) is 24.3. The fourth-order valence-corrected chi connectivity index (χ4v) is 5.26. The maximum Gasteiger partial charge on any atom is 0.227 e. The first-order valence-corrected chi connectivity index (χ1v) is 12.2. The molecule has 0 aliphatic heterocycles. The van der Waals surface area contributed by atoms with Gasteiger partial charge in [-0.1, -0.05) is 42.5 Å². The molecule has 37 heavy (non-hydrogen) atoms. The Kier molecular flexibility index (Phi) is 4.16. The van der Waals surface area contributed by atoms with Gasteiger partial charge in [0.1, 0.15) is 11.1 Å². The molecule has 0 fully saturated rings. The van der Waals surface area contributed by atoms with Crippen LogP contribution in [0.3, 0.4) is 0 Å². The number of anilines is 3. The van der Waals surface area contributed by atoms with Gasteiger partial charge in [0.15, 0.2) is 11.2 Å². The highest BCUT2D eigenvalue weighted by atomic mass is 16.3. The summed E-state index contributed by atoms with van der Waals surface area (Å²) >= 11 is 0. The van der Waals surface area contributed by atoms with Gasteiger partial charge in [-0.05, 0) is 71.4 Å². The molecule has 4 heterocycles. The molecule has 0 unspecified atom stereocenters. The Hall–Kier alpha value is -5.16. The number of aromatic nitrogens is 2. The molecule has 0 spiro atoms. The molecule has 0 N–H and O–H groups in total. The predicted molar refractivity (Wildman–Crippen MR) is 149 cm³/mol. The first kappa shape index (κ1) is 20.1. The minimum Gasteiger partial charge on any atom is -0.454 e. The molecule has 8 rings (SSSR count). The number of nitrogens with zero attached hydrogens (tertiary/aromatic N) is 3. The molecular weight excluding hydrogens is 458 g/mol. The Morgan fingerprint density at radius 2 is 1.35 bits per heavy atom. The lowest BCUT2D eigenvalue weighted by Crippen LogP contribution is -2.10. The van der Waals surface area contributed by atoms with Crippen LogP contribution in [0.1, 0.15) is 0 Å². The van der Waals surface area contributed by atoms with Crippen LogP contribution in [-0.2, 0) is 0 Å². The Morgan fingerprint density at radius 1 is 0.541 bits per heavy atom. The van der Waals surface area contributed by atoms with Crippen LogP contribution in [0.4, 0.5) is 17.1 Å². The van der Waals surface area contributed by atoms with E-state index in [0.717, 1.165) is 55.5 Å². The molecule has 0 bridgehead atoms. The van der Waals surface area contributed by atoms with Gasteiger partial charge in [-0.2, -0.15) is 0 Å². The first-order valence-electron chi connectivity index (χ1n) is 12.2. The number of para-hydroxylation sites is 1. The van der Waals surface area contributed by atoms with Crippen LogP contribution >= 0.6 is 0 Å². The highest BCUT2D eigenvalue weighted by Crippen LogP contribution is 2.43. The lowest BCUT2D eigenvalue weighted by molar-refractivity contribution is 0.654. The second-order valence-electron chi connectivity index (χ2n) is 9.11. The molecular formula is C32H19N3O2. The van der Waals surface area contributed by atoms with Crippen molar-refractivity contribution in [2.75, 3.05) is 4.90 Å². The van der Waals surface area contributed by atoms with Gasteiger partial charge in [0.2, 0.25) is 5.71 Å². The molecule has 0 saturated heterocycles. The van der Waals surface area contributed by atoms with Crippen LogP contribution in [0.2, 0.25) is 0 Å². The summed E-state index contributed by atoms with van der Waals surface area (Å²) in [5.74, 6) is 0. The van der Waals surface area contributed by atoms with Gasteiger partial charge < -0.3 is 13.7 Å². The molecule has 174 valence electrons. The van der Waals surface area contributed by atoms with Crippen LogP contribution in [0.25, 0.3) is 54.9 Å². The van der Waals surface area contributed by atoms with E-state index in [1.54, 1.807) is 12.4 Å². The molecule has 5 nitrogen and oxygen atoms in total. The number of furan rings is 2. The standard InChI is InChI=1S/C32H19N3O2/c1-2-7-21-18-22(13-12-20(21)6-1)35(23-14-15-28-26(19-23)30-29(36-28)11-5-16-33-30)27-10-3-8-24-25-9-4-17-34-32(25)37-31(24)27/h1-19H. The Labute approximate surface area is 211 Å². The van der Waals surface area contributed by atoms with E-state index in [0.29, 0.717) is 5.71 Å². The van der Waals surface area contributed by atoms with E-state index in [1.807, 2.05) is 30.3 Å². The first-order chi connectivity index (χ1) is 18.3. The van der Waals surface area contributed by atoms with E-state index < -0.39 is 0 Å². The van der Waals surface area contributed by atoms with Crippen molar-refractivity contribution in [3.8, 4) is 0 Å². The van der Waals surface area contributed by atoms with E-state index >= 15 is 0 Å². The van der Waals surface area contributed by atoms with Crippen molar-refractivity contribution < 1.29 is 8.83 Å². The number of fused-ring (bicyclic) bond motifs is 7. The topological polar surface area (TPSA) is 55.3 Å². The third kappa shape index (κ3) is 3.04. The van der Waals surface area contributed by atoms with Gasteiger partial charge in [-0.25, -0.2) is 4.98 Å². The highest BCUT2D eigenvalue weighted by molar-refractivity contribution is 6.10. The highest BCUT2D eigenvalue weighted by Gasteiger charge is 2.21. The fraction of sp³-hybridized carbons (Fsp3) is 0. The molecule has 0 saturated carbocycles. The average Bonchev–Trinajstić information content (AvgIpc) is 3.52. The summed E-state index contributed by atoms with van der Waals surface area (Å²) in [7, 11) is 0. The zero-order valence-electron chi connectivity index (χ0n) is 19.6. The molecule has 0 aliphatic rings. The van der Waals surface area contributed by atoms with E-state index in [-0.39, 0.29) is 0 Å². The van der Waals surface area contributed by atoms with E-state index in [1.165, 1.54) is 10.8 Å². The molecule has 0 atom stereocenters. The SMILES string of the molecule is c1ccc2cc(N(c3ccc4oc5cccnc5c4c3)c3cccc4c3oc3ncccc34)ccc2c1. The summed E-state index contributed by atoms with van der Waals surface area (Å²) in [5, 5.41) is 5.36. The third-order valence-corrected chi connectivity index (χ3v) is 6.95. The normalized spacial score (nSPS) is 11.8. The van der Waals surface area contributed by atoms with Crippen molar-refractivity contribution in [2.24, 2.45) is 0 Å². The number of rotatable bonds is 3. The van der Waals surface area contributed by atoms with Crippen molar-refractivity contribution in [2.45, 2.75) is 0 Å². The Balaban J connectivity index is 1.44.